The number of carbonyl (C=O) groups is 1. The summed E-state index contributed by atoms with van der Waals surface area (Å²) in [6.45, 7) is 9.31. The summed E-state index contributed by atoms with van der Waals surface area (Å²) in [4.78, 5) is 12.3. The number of thioether (sulfide) groups is 1. The number of unbranched alkanes of at least 4 members (excludes halogenated alkanes) is 2. The molecular weight excluding hydrogens is 416 g/mol. The average Bonchev–Trinajstić information content (AvgIpc) is 2.79. The molecule has 0 fully saturated rings. The molecule has 31 heavy (non-hydrogen) atoms. The smallest absolute Gasteiger partial charge is 0.338 e. The maximum Gasteiger partial charge on any atom is 0.338 e. The molecule has 1 aromatic carbocycles. The normalized spacial score (nSPS) is 15.3. The number of rotatable bonds is 18. The van der Waals surface area contributed by atoms with Crippen LogP contribution in [0.1, 0.15) is 63.7 Å². The van der Waals surface area contributed by atoms with E-state index in [-0.39, 0.29) is 19.3 Å². The summed E-state index contributed by atoms with van der Waals surface area (Å²) < 4.78 is 23.7. The molecule has 1 aromatic rings. The summed E-state index contributed by atoms with van der Waals surface area (Å²) in [5.74, 6) is 0.397. The molecule has 0 saturated carbocycles. The highest BCUT2D eigenvalue weighted by Gasteiger charge is 2.31. The standard InChI is InChI=1S/C24H40O6S/c1-5-8-15-27-19(4)23(28-16-9-6-2)21(17-25)30-22(31-7-3)18-29-24(26)20-13-11-10-12-14-20/h10-14,19,21-23,25H,5-9,15-18H2,1-4H3/t19-,21?,22-,23+/m1/s1. The summed E-state index contributed by atoms with van der Waals surface area (Å²) in [5.41, 5.74) is 0.0927. The van der Waals surface area contributed by atoms with E-state index in [9.17, 15) is 9.90 Å². The highest BCUT2D eigenvalue weighted by molar-refractivity contribution is 7.99. The van der Waals surface area contributed by atoms with Gasteiger partial charge in [0.1, 0.15) is 24.3 Å². The summed E-state index contributed by atoms with van der Waals surface area (Å²) in [6, 6.07) is 8.88. The highest BCUT2D eigenvalue weighted by Crippen LogP contribution is 2.21. The lowest BCUT2D eigenvalue weighted by atomic mass is 10.1. The maximum atomic E-state index is 12.3. The van der Waals surface area contributed by atoms with Gasteiger partial charge in [0.2, 0.25) is 0 Å². The zero-order valence-electron chi connectivity index (χ0n) is 19.5. The third kappa shape index (κ3) is 11.3. The van der Waals surface area contributed by atoms with Gasteiger partial charge in [-0.2, -0.15) is 0 Å². The van der Waals surface area contributed by atoms with Crippen molar-refractivity contribution in [2.45, 2.75) is 77.1 Å². The van der Waals surface area contributed by atoms with Crippen molar-refractivity contribution in [3.05, 3.63) is 35.9 Å². The van der Waals surface area contributed by atoms with Crippen molar-refractivity contribution in [3.8, 4) is 0 Å². The first-order chi connectivity index (χ1) is 15.1. The maximum absolute atomic E-state index is 12.3. The zero-order chi connectivity index (χ0) is 22.9. The van der Waals surface area contributed by atoms with Crippen LogP contribution >= 0.6 is 11.8 Å². The first-order valence-electron chi connectivity index (χ1n) is 11.4. The van der Waals surface area contributed by atoms with Crippen LogP contribution in [-0.4, -0.2) is 67.0 Å². The molecule has 1 unspecified atom stereocenters. The summed E-state index contributed by atoms with van der Waals surface area (Å²) >= 11 is 1.53. The second kappa shape index (κ2) is 17.4. The van der Waals surface area contributed by atoms with Crippen LogP contribution in [0.4, 0.5) is 0 Å². The number of carbonyl (C=O) groups excluding carboxylic acids is 1. The van der Waals surface area contributed by atoms with Gasteiger partial charge < -0.3 is 24.1 Å². The number of benzene rings is 1. The molecule has 0 saturated heterocycles. The molecule has 0 radical (unpaired) electrons. The van der Waals surface area contributed by atoms with Crippen LogP contribution in [0.25, 0.3) is 0 Å². The first kappa shape index (κ1) is 27.9. The van der Waals surface area contributed by atoms with Gasteiger partial charge in [-0.15, -0.1) is 11.8 Å². The zero-order valence-corrected chi connectivity index (χ0v) is 20.3. The molecule has 7 heteroatoms. The van der Waals surface area contributed by atoms with Crippen molar-refractivity contribution in [1.29, 1.82) is 0 Å². The predicted molar refractivity (Wildman–Crippen MR) is 126 cm³/mol. The largest absolute Gasteiger partial charge is 0.458 e. The Morgan fingerprint density at radius 2 is 1.68 bits per heavy atom. The Bertz CT molecular complexity index is 570. The van der Waals surface area contributed by atoms with Gasteiger partial charge in [-0.1, -0.05) is 51.8 Å². The highest BCUT2D eigenvalue weighted by atomic mass is 32.2. The van der Waals surface area contributed by atoms with E-state index in [1.54, 1.807) is 24.3 Å². The van der Waals surface area contributed by atoms with Crippen molar-refractivity contribution in [2.24, 2.45) is 0 Å². The van der Waals surface area contributed by atoms with E-state index in [1.165, 1.54) is 11.8 Å². The Morgan fingerprint density at radius 1 is 1.03 bits per heavy atom. The Balaban J connectivity index is 2.76. The van der Waals surface area contributed by atoms with Crippen LogP contribution in [0, 0.1) is 0 Å². The molecule has 0 aliphatic rings. The summed E-state index contributed by atoms with van der Waals surface area (Å²) in [6.07, 6.45) is 2.77. The number of esters is 1. The molecule has 0 bridgehead atoms. The second-order valence-electron chi connectivity index (χ2n) is 7.32. The van der Waals surface area contributed by atoms with E-state index in [2.05, 4.69) is 13.8 Å². The Hall–Kier alpha value is -1.12. The molecule has 0 spiro atoms. The van der Waals surface area contributed by atoms with Crippen LogP contribution < -0.4 is 0 Å². The van der Waals surface area contributed by atoms with E-state index in [0.29, 0.717) is 18.8 Å². The molecule has 0 amide bonds. The van der Waals surface area contributed by atoms with E-state index in [1.807, 2.05) is 19.9 Å². The van der Waals surface area contributed by atoms with Crippen molar-refractivity contribution < 1.29 is 28.8 Å². The number of hydrogen-bond donors (Lipinski definition) is 1. The van der Waals surface area contributed by atoms with Gasteiger partial charge >= 0.3 is 5.97 Å². The number of aliphatic hydroxyl groups is 1. The Morgan fingerprint density at radius 3 is 2.26 bits per heavy atom. The topological polar surface area (TPSA) is 74.2 Å². The minimum absolute atomic E-state index is 0.0927. The third-order valence-corrected chi connectivity index (χ3v) is 5.69. The van der Waals surface area contributed by atoms with Crippen LogP contribution in [0.15, 0.2) is 30.3 Å². The monoisotopic (exact) mass is 456 g/mol. The first-order valence-corrected chi connectivity index (χ1v) is 12.4. The van der Waals surface area contributed by atoms with Gasteiger partial charge in [-0.05, 0) is 37.7 Å². The number of hydrogen-bond acceptors (Lipinski definition) is 7. The molecule has 1 rings (SSSR count). The Kier molecular flexibility index (Phi) is 15.7. The van der Waals surface area contributed by atoms with Gasteiger partial charge in [0.05, 0.1) is 18.3 Å². The molecule has 0 heterocycles. The minimum Gasteiger partial charge on any atom is -0.458 e. The van der Waals surface area contributed by atoms with Gasteiger partial charge in [0.25, 0.3) is 0 Å². The summed E-state index contributed by atoms with van der Waals surface area (Å²) in [5, 5.41) is 10.1. The van der Waals surface area contributed by atoms with Crippen molar-refractivity contribution in [2.75, 3.05) is 32.2 Å². The van der Waals surface area contributed by atoms with Crippen LogP contribution in [-0.2, 0) is 18.9 Å². The van der Waals surface area contributed by atoms with Crippen molar-refractivity contribution >= 4 is 17.7 Å². The second-order valence-corrected chi connectivity index (χ2v) is 8.76. The lowest BCUT2D eigenvalue weighted by Gasteiger charge is -2.33. The van der Waals surface area contributed by atoms with Gasteiger partial charge in [0, 0.05) is 13.2 Å². The van der Waals surface area contributed by atoms with Crippen LogP contribution in [0.2, 0.25) is 0 Å². The molecule has 178 valence electrons. The van der Waals surface area contributed by atoms with Gasteiger partial charge in [0.15, 0.2) is 0 Å². The Labute approximate surface area is 192 Å². The lowest BCUT2D eigenvalue weighted by molar-refractivity contribution is -0.154. The third-order valence-electron chi connectivity index (χ3n) is 4.73. The fourth-order valence-corrected chi connectivity index (χ4v) is 3.71. The SMILES string of the molecule is CCCCO[C@H](C(CO)O[C@@H](COC(=O)c1ccccc1)SCC)[C@@H](C)OCCCC. The van der Waals surface area contributed by atoms with Crippen molar-refractivity contribution in [1.82, 2.24) is 0 Å². The van der Waals surface area contributed by atoms with E-state index >= 15 is 0 Å². The van der Waals surface area contributed by atoms with E-state index in [4.69, 9.17) is 18.9 Å². The van der Waals surface area contributed by atoms with E-state index < -0.39 is 23.6 Å². The fourth-order valence-electron chi connectivity index (χ4n) is 2.95. The minimum atomic E-state index is -0.576. The van der Waals surface area contributed by atoms with Crippen LogP contribution in [0.5, 0.6) is 0 Å². The molecule has 4 atom stereocenters. The average molecular weight is 457 g/mol. The van der Waals surface area contributed by atoms with Gasteiger partial charge in [-0.3, -0.25) is 0 Å². The lowest BCUT2D eigenvalue weighted by Crippen LogP contribution is -2.45. The molecule has 0 aliphatic carbocycles. The molecule has 6 nitrogen and oxygen atoms in total. The number of ether oxygens (including phenoxy) is 4. The molecule has 0 aliphatic heterocycles. The molecule has 0 aromatic heterocycles. The predicted octanol–water partition coefficient (Wildman–Crippen LogP) is 4.69. The molecule has 1 N–H and O–H groups in total. The fraction of sp³-hybridized carbons (Fsp3) is 0.708. The quantitative estimate of drug-likeness (QED) is 0.195. The van der Waals surface area contributed by atoms with Crippen LogP contribution in [0.3, 0.4) is 0 Å². The van der Waals surface area contributed by atoms with E-state index in [0.717, 1.165) is 31.4 Å². The van der Waals surface area contributed by atoms with Gasteiger partial charge in [-0.25, -0.2) is 4.79 Å². The molecular formula is C24H40O6S. The number of aliphatic hydroxyl groups excluding tert-OH is 1. The summed E-state index contributed by atoms with van der Waals surface area (Å²) in [7, 11) is 0. The van der Waals surface area contributed by atoms with Crippen molar-refractivity contribution in [3.63, 3.8) is 0 Å².